The third kappa shape index (κ3) is 5.04. The van der Waals surface area contributed by atoms with E-state index in [0.717, 1.165) is 17.1 Å². The van der Waals surface area contributed by atoms with Crippen molar-refractivity contribution in [1.82, 2.24) is 9.13 Å². The van der Waals surface area contributed by atoms with Crippen molar-refractivity contribution in [3.05, 3.63) is 205 Å². The zero-order chi connectivity index (χ0) is 49.3. The molecular weight excluding hydrogens is 894 g/mol. The molecule has 0 N–H and O–H groups in total. The first-order valence-electron chi connectivity index (χ1n) is 26.5. The maximum absolute atomic E-state index is 2.69. The summed E-state index contributed by atoms with van der Waals surface area (Å²) in [5.41, 5.74) is 28.2. The smallest absolute Gasteiger partial charge is 0.252 e. The maximum atomic E-state index is 2.69. The van der Waals surface area contributed by atoms with Crippen LogP contribution in [-0.4, -0.2) is 15.8 Å². The Kier molecular flexibility index (Phi) is 7.59. The Bertz CT molecular complexity index is 4670. The monoisotopic (exact) mass is 943 g/mol. The SMILES string of the molecule is CC(C)(C)c1ccc(N(c2ccc(C(C)(C)C)cc2)c2cc3c4c(c2)-n2c5cccc6c5c5c7c(cccc7cc(c52)B4c2ccc4c5c7c8c(cccc8ccc7n-3c25)-c2ccccc2-4)-c2ccccc2-6)cc1. The second-order valence-electron chi connectivity index (χ2n) is 23.6. The van der Waals surface area contributed by atoms with Crippen LogP contribution in [0, 0.1) is 0 Å². The van der Waals surface area contributed by atoms with Gasteiger partial charge in [0.15, 0.2) is 0 Å². The van der Waals surface area contributed by atoms with Crippen molar-refractivity contribution in [2.75, 3.05) is 4.90 Å². The molecule has 0 spiro atoms. The van der Waals surface area contributed by atoms with Crippen molar-refractivity contribution < 1.29 is 0 Å². The molecule has 74 heavy (non-hydrogen) atoms. The first-order valence-corrected chi connectivity index (χ1v) is 26.5. The largest absolute Gasteiger partial charge is 0.310 e. The van der Waals surface area contributed by atoms with E-state index in [1.807, 2.05) is 0 Å². The van der Waals surface area contributed by atoms with Crippen molar-refractivity contribution in [2.24, 2.45) is 0 Å². The van der Waals surface area contributed by atoms with Crippen LogP contribution in [0.1, 0.15) is 52.7 Å². The molecule has 0 amide bonds. The zero-order valence-electron chi connectivity index (χ0n) is 42.4. The van der Waals surface area contributed by atoms with E-state index in [1.54, 1.807) is 0 Å². The van der Waals surface area contributed by atoms with Crippen LogP contribution in [0.2, 0.25) is 0 Å². The number of nitrogens with zero attached hydrogens (tertiary/aromatic N) is 3. The molecular formula is C70H50BN3. The molecule has 3 nitrogen and oxygen atoms in total. The second-order valence-corrected chi connectivity index (χ2v) is 23.6. The Hall–Kier alpha value is -8.60. The molecule has 13 aromatic rings. The first-order chi connectivity index (χ1) is 36.0. The predicted octanol–water partition coefficient (Wildman–Crippen LogP) is 16.7. The van der Waals surface area contributed by atoms with E-state index in [2.05, 4.69) is 250 Å². The van der Waals surface area contributed by atoms with Gasteiger partial charge in [-0.2, -0.15) is 0 Å². The second kappa shape index (κ2) is 13.7. The predicted molar refractivity (Wildman–Crippen MR) is 316 cm³/mol. The van der Waals surface area contributed by atoms with Crippen LogP contribution in [0.15, 0.2) is 194 Å². The summed E-state index contributed by atoms with van der Waals surface area (Å²) in [4.78, 5) is 2.52. The summed E-state index contributed by atoms with van der Waals surface area (Å²) in [7, 11) is 0. The highest BCUT2D eigenvalue weighted by Gasteiger charge is 2.44. The van der Waals surface area contributed by atoms with Gasteiger partial charge in [0.2, 0.25) is 0 Å². The summed E-state index contributed by atoms with van der Waals surface area (Å²) in [6, 6.07) is 75.3. The summed E-state index contributed by atoms with van der Waals surface area (Å²) in [5.74, 6) is 0. The van der Waals surface area contributed by atoms with E-state index in [4.69, 9.17) is 0 Å². The molecule has 0 saturated heterocycles. The molecule has 4 heteroatoms. The van der Waals surface area contributed by atoms with Gasteiger partial charge in [-0.05, 0) is 153 Å². The van der Waals surface area contributed by atoms with Crippen LogP contribution in [0.3, 0.4) is 0 Å². The van der Waals surface area contributed by atoms with Crippen molar-refractivity contribution in [1.29, 1.82) is 0 Å². The minimum absolute atomic E-state index is 0.0170. The molecule has 0 bridgehead atoms. The average Bonchev–Trinajstić information content (AvgIpc) is 3.93. The molecule has 0 unspecified atom stereocenters. The Morgan fingerprint density at radius 3 is 1.38 bits per heavy atom. The summed E-state index contributed by atoms with van der Waals surface area (Å²) in [5, 5.41) is 10.7. The summed E-state index contributed by atoms with van der Waals surface area (Å²) < 4.78 is 5.37. The van der Waals surface area contributed by atoms with E-state index in [1.165, 1.54) is 149 Å². The molecule has 17 rings (SSSR count). The van der Waals surface area contributed by atoms with Gasteiger partial charge in [0.05, 0.1) is 27.8 Å². The van der Waals surface area contributed by atoms with E-state index in [0.29, 0.717) is 0 Å². The normalized spacial score (nSPS) is 13.5. The summed E-state index contributed by atoms with van der Waals surface area (Å²) in [6.07, 6.45) is 0. The number of benzene rings is 11. The van der Waals surface area contributed by atoms with E-state index >= 15 is 0 Å². The van der Waals surface area contributed by atoms with Crippen molar-refractivity contribution in [2.45, 2.75) is 52.4 Å². The van der Waals surface area contributed by atoms with E-state index < -0.39 is 0 Å². The Labute approximate surface area is 430 Å². The summed E-state index contributed by atoms with van der Waals surface area (Å²) >= 11 is 0. The van der Waals surface area contributed by atoms with Gasteiger partial charge in [0.1, 0.15) is 0 Å². The molecule has 11 aromatic carbocycles. The lowest BCUT2D eigenvalue weighted by Gasteiger charge is -2.36. The van der Waals surface area contributed by atoms with Gasteiger partial charge >= 0.3 is 0 Å². The van der Waals surface area contributed by atoms with Crippen LogP contribution in [0.4, 0.5) is 17.1 Å². The fourth-order valence-electron chi connectivity index (χ4n) is 14.4. The number of rotatable bonds is 3. The van der Waals surface area contributed by atoms with Crippen molar-refractivity contribution in [3.8, 4) is 55.9 Å². The topological polar surface area (TPSA) is 13.1 Å². The highest BCUT2D eigenvalue weighted by molar-refractivity contribution is 7.00. The first kappa shape index (κ1) is 40.9. The lowest BCUT2D eigenvalue weighted by molar-refractivity contribution is 0.590. The molecule has 0 atom stereocenters. The maximum Gasteiger partial charge on any atom is 0.252 e. The number of hydrogen-bond donors (Lipinski definition) is 0. The quantitative estimate of drug-likeness (QED) is 0.161. The third-order valence-corrected chi connectivity index (χ3v) is 17.6. The molecule has 4 aliphatic rings. The Morgan fingerprint density at radius 2 is 0.811 bits per heavy atom. The highest BCUT2D eigenvalue weighted by Crippen LogP contribution is 2.54. The van der Waals surface area contributed by atoms with Gasteiger partial charge in [0.25, 0.3) is 6.71 Å². The number of hydrogen-bond acceptors (Lipinski definition) is 1. The van der Waals surface area contributed by atoms with E-state index in [-0.39, 0.29) is 17.5 Å². The van der Waals surface area contributed by atoms with Crippen molar-refractivity contribution >= 4 is 105 Å². The molecule has 2 aliphatic heterocycles. The lowest BCUT2D eigenvalue weighted by atomic mass is 9.34. The minimum Gasteiger partial charge on any atom is -0.310 e. The number of fused-ring (bicyclic) bond motifs is 12. The molecule has 2 aromatic heterocycles. The van der Waals surface area contributed by atoms with Gasteiger partial charge in [-0.25, -0.2) is 0 Å². The fourth-order valence-corrected chi connectivity index (χ4v) is 14.4. The fraction of sp³-hybridized carbons (Fsp3) is 0.114. The molecule has 0 fully saturated rings. The van der Waals surface area contributed by atoms with E-state index in [9.17, 15) is 0 Å². The number of aromatic nitrogens is 2. The Morgan fingerprint density at radius 1 is 0.338 bits per heavy atom. The minimum atomic E-state index is -0.0336. The standard InChI is InChI=1S/C70H50BN3/c1-69(2,3)41-25-29-43(30-26-41)72(44-31-27-42(28-32-44)70(4,5)6)45-37-58-66-59(38-45)74-57-35-24-39-14-11-20-50-47-17-8-10-19-49(47)53-33-34-54(67(74)63(53)64(57)60(39)50)71(66)55-36-40-15-12-21-51-46-16-7-9-18-48(46)52-22-13-23-56-62(52)65(61(40)51)68(55)73(56)58/h7-38H,1-6H3. The lowest BCUT2D eigenvalue weighted by Crippen LogP contribution is -2.59. The third-order valence-electron chi connectivity index (χ3n) is 17.6. The van der Waals surface area contributed by atoms with Gasteiger partial charge in [-0.3, -0.25) is 0 Å². The van der Waals surface area contributed by atoms with Gasteiger partial charge < -0.3 is 14.0 Å². The van der Waals surface area contributed by atoms with Crippen LogP contribution < -0.4 is 21.3 Å². The van der Waals surface area contributed by atoms with Crippen molar-refractivity contribution in [3.63, 3.8) is 0 Å². The summed E-state index contributed by atoms with van der Waals surface area (Å²) in [6.45, 7) is 13.8. The van der Waals surface area contributed by atoms with Crippen LogP contribution in [0.5, 0.6) is 0 Å². The van der Waals surface area contributed by atoms with Gasteiger partial charge in [-0.15, -0.1) is 0 Å². The Balaban J connectivity index is 1.07. The average molecular weight is 944 g/mol. The molecule has 2 aliphatic carbocycles. The molecule has 0 saturated carbocycles. The molecule has 0 radical (unpaired) electrons. The number of anilines is 3. The van der Waals surface area contributed by atoms with Crippen LogP contribution in [0.25, 0.3) is 121 Å². The zero-order valence-corrected chi connectivity index (χ0v) is 42.4. The van der Waals surface area contributed by atoms with Crippen LogP contribution >= 0.6 is 0 Å². The van der Waals surface area contributed by atoms with Crippen LogP contribution in [-0.2, 0) is 10.8 Å². The highest BCUT2D eigenvalue weighted by atomic mass is 15.2. The van der Waals surface area contributed by atoms with Gasteiger partial charge in [-0.1, -0.05) is 187 Å². The molecule has 4 heterocycles. The van der Waals surface area contributed by atoms with Gasteiger partial charge in [0, 0.05) is 44.3 Å². The molecule has 348 valence electrons.